The van der Waals surface area contributed by atoms with E-state index in [1.165, 1.54) is 4.90 Å². The van der Waals surface area contributed by atoms with Crippen LogP contribution >= 0.6 is 0 Å². The Balaban J connectivity index is 3.35. The van der Waals surface area contributed by atoms with Gasteiger partial charge in [-0.25, -0.2) is 4.79 Å². The van der Waals surface area contributed by atoms with Crippen molar-refractivity contribution in [3.8, 4) is 0 Å². The molecule has 0 radical (unpaired) electrons. The van der Waals surface area contributed by atoms with Crippen LogP contribution in [0.1, 0.15) is 13.8 Å². The predicted octanol–water partition coefficient (Wildman–Crippen LogP) is -0.119. The van der Waals surface area contributed by atoms with Crippen LogP contribution in [-0.4, -0.2) is 69.1 Å². The Kier molecular flexibility index (Phi) is 9.63. The van der Waals surface area contributed by atoms with Crippen LogP contribution in [0.2, 0.25) is 0 Å². The molecule has 0 aromatic rings. The van der Waals surface area contributed by atoms with Crippen LogP contribution in [0.5, 0.6) is 0 Å². The number of amides is 2. The predicted molar refractivity (Wildman–Crippen MR) is 71.6 cm³/mol. The molecule has 1 unspecified atom stereocenters. The van der Waals surface area contributed by atoms with Crippen LogP contribution in [0.15, 0.2) is 0 Å². The van der Waals surface area contributed by atoms with Gasteiger partial charge in [0.2, 0.25) is 0 Å². The summed E-state index contributed by atoms with van der Waals surface area (Å²) >= 11 is 0. The molecular formula is C12H27N3O3. The Labute approximate surface area is 110 Å². The molecule has 6 nitrogen and oxygen atoms in total. The molecule has 0 heterocycles. The minimum Gasteiger partial charge on any atom is -0.389 e. The summed E-state index contributed by atoms with van der Waals surface area (Å²) in [6.45, 7) is 6.77. The Hall–Kier alpha value is -0.850. The summed E-state index contributed by atoms with van der Waals surface area (Å²) in [6, 6.07) is -0.113. The fraction of sp³-hybridized carbons (Fsp3) is 0.917. The number of carbonyl (C=O) groups is 1. The van der Waals surface area contributed by atoms with Gasteiger partial charge in [0.25, 0.3) is 0 Å². The molecule has 108 valence electrons. The number of ether oxygens (including phenoxy) is 1. The van der Waals surface area contributed by atoms with E-state index in [1.807, 2.05) is 0 Å². The Morgan fingerprint density at radius 3 is 2.50 bits per heavy atom. The molecule has 2 amide bonds. The SMILES string of the molecule is CC(C)COCC(O)CNCCNC(=O)N(C)C. The van der Waals surface area contributed by atoms with E-state index in [-0.39, 0.29) is 6.03 Å². The van der Waals surface area contributed by atoms with E-state index in [9.17, 15) is 9.90 Å². The van der Waals surface area contributed by atoms with Gasteiger partial charge in [0, 0.05) is 40.3 Å². The van der Waals surface area contributed by atoms with Gasteiger partial charge < -0.3 is 25.4 Å². The first-order valence-corrected chi connectivity index (χ1v) is 6.35. The molecule has 6 heteroatoms. The lowest BCUT2D eigenvalue weighted by molar-refractivity contribution is 0.0263. The van der Waals surface area contributed by atoms with Gasteiger partial charge in [-0.05, 0) is 5.92 Å². The molecule has 0 aliphatic heterocycles. The second-order valence-electron chi connectivity index (χ2n) is 4.92. The maximum absolute atomic E-state index is 11.2. The quantitative estimate of drug-likeness (QED) is 0.506. The molecule has 0 aromatic heterocycles. The van der Waals surface area contributed by atoms with E-state index < -0.39 is 6.10 Å². The molecule has 0 spiro atoms. The van der Waals surface area contributed by atoms with E-state index in [0.717, 1.165) is 0 Å². The molecule has 0 aliphatic carbocycles. The molecule has 18 heavy (non-hydrogen) atoms. The molecule has 0 aliphatic rings. The van der Waals surface area contributed by atoms with Gasteiger partial charge in [0.15, 0.2) is 0 Å². The number of aliphatic hydroxyl groups is 1. The van der Waals surface area contributed by atoms with Crippen molar-refractivity contribution in [3.63, 3.8) is 0 Å². The molecule has 0 saturated carbocycles. The lowest BCUT2D eigenvalue weighted by atomic mass is 10.2. The third-order valence-corrected chi connectivity index (χ3v) is 2.13. The maximum atomic E-state index is 11.2. The summed E-state index contributed by atoms with van der Waals surface area (Å²) in [5.74, 6) is 0.478. The van der Waals surface area contributed by atoms with Gasteiger partial charge in [0.05, 0.1) is 12.7 Å². The van der Waals surface area contributed by atoms with Gasteiger partial charge in [-0.15, -0.1) is 0 Å². The van der Waals surface area contributed by atoms with Crippen LogP contribution in [0.25, 0.3) is 0 Å². The highest BCUT2D eigenvalue weighted by Gasteiger charge is 2.05. The fourth-order valence-electron chi connectivity index (χ4n) is 1.18. The van der Waals surface area contributed by atoms with Crippen molar-refractivity contribution >= 4 is 6.03 Å². The molecule has 0 bridgehead atoms. The van der Waals surface area contributed by atoms with Gasteiger partial charge in [-0.1, -0.05) is 13.8 Å². The van der Waals surface area contributed by atoms with Crippen LogP contribution in [0, 0.1) is 5.92 Å². The third kappa shape index (κ3) is 10.3. The number of rotatable bonds is 9. The second-order valence-corrected chi connectivity index (χ2v) is 4.92. The monoisotopic (exact) mass is 261 g/mol. The number of nitrogens with one attached hydrogen (secondary N) is 2. The Morgan fingerprint density at radius 1 is 1.28 bits per heavy atom. The van der Waals surface area contributed by atoms with Crippen molar-refractivity contribution in [2.45, 2.75) is 20.0 Å². The smallest absolute Gasteiger partial charge is 0.316 e. The minimum atomic E-state index is -0.506. The highest BCUT2D eigenvalue weighted by molar-refractivity contribution is 5.73. The molecule has 3 N–H and O–H groups in total. The van der Waals surface area contributed by atoms with Crippen molar-refractivity contribution in [2.24, 2.45) is 5.92 Å². The van der Waals surface area contributed by atoms with Crippen molar-refractivity contribution in [1.29, 1.82) is 0 Å². The standard InChI is InChI=1S/C12H27N3O3/c1-10(2)8-18-9-11(16)7-13-5-6-14-12(17)15(3)4/h10-11,13,16H,5-9H2,1-4H3,(H,14,17). The van der Waals surface area contributed by atoms with E-state index in [1.54, 1.807) is 14.1 Å². The van der Waals surface area contributed by atoms with Gasteiger partial charge in [0.1, 0.15) is 0 Å². The molecule has 0 aromatic carbocycles. The Bertz CT molecular complexity index is 223. The van der Waals surface area contributed by atoms with E-state index in [4.69, 9.17) is 4.74 Å². The van der Waals surface area contributed by atoms with Gasteiger partial charge in [-0.3, -0.25) is 0 Å². The zero-order chi connectivity index (χ0) is 14.0. The van der Waals surface area contributed by atoms with Gasteiger partial charge >= 0.3 is 6.03 Å². The summed E-state index contributed by atoms with van der Waals surface area (Å²) in [4.78, 5) is 12.6. The minimum absolute atomic E-state index is 0.113. The van der Waals surface area contributed by atoms with Crippen molar-refractivity contribution in [2.75, 3.05) is 46.9 Å². The topological polar surface area (TPSA) is 73.8 Å². The fourth-order valence-corrected chi connectivity index (χ4v) is 1.18. The number of hydrogen-bond acceptors (Lipinski definition) is 4. The molecule has 0 fully saturated rings. The van der Waals surface area contributed by atoms with Gasteiger partial charge in [-0.2, -0.15) is 0 Å². The first-order valence-electron chi connectivity index (χ1n) is 6.35. The van der Waals surface area contributed by atoms with Crippen molar-refractivity contribution in [1.82, 2.24) is 15.5 Å². The molecule has 0 saturated heterocycles. The number of hydrogen-bond donors (Lipinski definition) is 3. The summed E-state index contributed by atoms with van der Waals surface area (Å²) < 4.78 is 5.32. The summed E-state index contributed by atoms with van der Waals surface area (Å²) in [5.41, 5.74) is 0. The molecular weight excluding hydrogens is 234 g/mol. The van der Waals surface area contributed by atoms with E-state index in [0.29, 0.717) is 38.8 Å². The normalized spacial score (nSPS) is 12.6. The average molecular weight is 261 g/mol. The van der Waals surface area contributed by atoms with Crippen LogP contribution < -0.4 is 10.6 Å². The summed E-state index contributed by atoms with van der Waals surface area (Å²) in [6.07, 6.45) is -0.506. The van der Waals surface area contributed by atoms with Crippen molar-refractivity contribution in [3.05, 3.63) is 0 Å². The molecule has 0 rings (SSSR count). The van der Waals surface area contributed by atoms with Crippen LogP contribution in [0.3, 0.4) is 0 Å². The highest BCUT2D eigenvalue weighted by atomic mass is 16.5. The molecule has 1 atom stereocenters. The first-order chi connectivity index (χ1) is 8.43. The largest absolute Gasteiger partial charge is 0.389 e. The average Bonchev–Trinajstić information content (AvgIpc) is 2.27. The lowest BCUT2D eigenvalue weighted by Gasteiger charge is -2.14. The first kappa shape index (κ1) is 17.2. The van der Waals surface area contributed by atoms with Crippen LogP contribution in [-0.2, 0) is 4.74 Å². The number of nitrogens with zero attached hydrogens (tertiary/aromatic N) is 1. The lowest BCUT2D eigenvalue weighted by Crippen LogP contribution is -2.40. The van der Waals surface area contributed by atoms with E-state index in [2.05, 4.69) is 24.5 Å². The zero-order valence-electron chi connectivity index (χ0n) is 11.9. The highest BCUT2D eigenvalue weighted by Crippen LogP contribution is 1.93. The van der Waals surface area contributed by atoms with E-state index >= 15 is 0 Å². The number of urea groups is 1. The maximum Gasteiger partial charge on any atom is 0.316 e. The number of aliphatic hydroxyl groups excluding tert-OH is 1. The summed E-state index contributed by atoms with van der Waals surface area (Å²) in [7, 11) is 3.39. The number of carbonyl (C=O) groups excluding carboxylic acids is 1. The Morgan fingerprint density at radius 2 is 1.94 bits per heavy atom. The summed E-state index contributed by atoms with van der Waals surface area (Å²) in [5, 5.41) is 15.4. The third-order valence-electron chi connectivity index (χ3n) is 2.13. The van der Waals surface area contributed by atoms with Crippen molar-refractivity contribution < 1.29 is 14.6 Å². The second kappa shape index (κ2) is 10.1. The zero-order valence-corrected chi connectivity index (χ0v) is 11.9. The van der Waals surface area contributed by atoms with Crippen LogP contribution in [0.4, 0.5) is 4.79 Å².